The summed E-state index contributed by atoms with van der Waals surface area (Å²) in [7, 11) is 0. The molecule has 118 valence electrons. The van der Waals surface area contributed by atoms with Gasteiger partial charge < -0.3 is 4.90 Å². The maximum Gasteiger partial charge on any atom is 0.244 e. The highest BCUT2D eigenvalue weighted by Crippen LogP contribution is 2.49. The molecule has 21 heavy (non-hydrogen) atoms. The highest BCUT2D eigenvalue weighted by molar-refractivity contribution is 5.92. The number of carbonyl (C=O) groups excluding carboxylic acids is 1. The minimum Gasteiger partial charge on any atom is -0.322 e. The average molecular weight is 290 g/mol. The Morgan fingerprint density at radius 3 is 2.48 bits per heavy atom. The maximum absolute atomic E-state index is 13.0. The minimum absolute atomic E-state index is 0.128. The van der Waals surface area contributed by atoms with Crippen LogP contribution in [0.5, 0.6) is 0 Å². The van der Waals surface area contributed by atoms with Crippen molar-refractivity contribution in [3.05, 3.63) is 0 Å². The first-order chi connectivity index (χ1) is 10.2. The Kier molecular flexibility index (Phi) is 3.33. The SMILES string of the molecule is CCC1CCC(N2C(=O)C3(CC3)NC2C2CCCC2)C1C. The first-order valence-corrected chi connectivity index (χ1v) is 9.27. The van der Waals surface area contributed by atoms with Crippen LogP contribution in [0.2, 0.25) is 0 Å². The molecule has 0 radical (unpaired) electrons. The summed E-state index contributed by atoms with van der Waals surface area (Å²) in [6.07, 6.45) is 11.7. The van der Waals surface area contributed by atoms with E-state index in [9.17, 15) is 4.79 Å². The molecule has 4 rings (SSSR count). The summed E-state index contributed by atoms with van der Waals surface area (Å²) in [5, 5.41) is 3.79. The Labute approximate surface area is 128 Å². The van der Waals surface area contributed by atoms with Crippen molar-refractivity contribution >= 4 is 5.91 Å². The number of rotatable bonds is 3. The number of carbonyl (C=O) groups is 1. The zero-order valence-electron chi connectivity index (χ0n) is 13.6. The van der Waals surface area contributed by atoms with Gasteiger partial charge in [-0.25, -0.2) is 0 Å². The summed E-state index contributed by atoms with van der Waals surface area (Å²) < 4.78 is 0. The molecule has 3 aliphatic carbocycles. The van der Waals surface area contributed by atoms with E-state index in [4.69, 9.17) is 0 Å². The van der Waals surface area contributed by atoms with Crippen molar-refractivity contribution in [1.29, 1.82) is 0 Å². The van der Waals surface area contributed by atoms with E-state index in [0.717, 1.165) is 18.8 Å². The molecule has 1 saturated heterocycles. The highest BCUT2D eigenvalue weighted by Gasteiger charge is 2.62. The number of nitrogens with zero attached hydrogens (tertiary/aromatic N) is 1. The van der Waals surface area contributed by atoms with Crippen molar-refractivity contribution in [3.63, 3.8) is 0 Å². The van der Waals surface area contributed by atoms with Gasteiger partial charge in [-0.2, -0.15) is 0 Å². The summed E-state index contributed by atoms with van der Waals surface area (Å²) in [4.78, 5) is 15.4. The van der Waals surface area contributed by atoms with Crippen molar-refractivity contribution < 1.29 is 4.79 Å². The van der Waals surface area contributed by atoms with Crippen LogP contribution in [0.25, 0.3) is 0 Å². The van der Waals surface area contributed by atoms with Crippen molar-refractivity contribution in [2.45, 2.75) is 89.4 Å². The Hall–Kier alpha value is -0.570. The van der Waals surface area contributed by atoms with Gasteiger partial charge in [-0.05, 0) is 56.3 Å². The summed E-state index contributed by atoms with van der Waals surface area (Å²) in [6.45, 7) is 4.70. The molecule has 3 saturated carbocycles. The zero-order chi connectivity index (χ0) is 14.6. The highest BCUT2D eigenvalue weighted by atomic mass is 16.2. The lowest BCUT2D eigenvalue weighted by Gasteiger charge is -2.36. The van der Waals surface area contributed by atoms with Gasteiger partial charge in [-0.3, -0.25) is 10.1 Å². The lowest BCUT2D eigenvalue weighted by Crippen LogP contribution is -2.49. The maximum atomic E-state index is 13.0. The molecule has 4 aliphatic rings. The third-order valence-corrected chi connectivity index (χ3v) is 7.03. The molecule has 0 bridgehead atoms. The molecular weight excluding hydrogens is 260 g/mol. The van der Waals surface area contributed by atoms with Crippen molar-refractivity contribution in [2.75, 3.05) is 0 Å². The van der Waals surface area contributed by atoms with E-state index in [1.807, 2.05) is 0 Å². The van der Waals surface area contributed by atoms with E-state index in [1.54, 1.807) is 0 Å². The monoisotopic (exact) mass is 290 g/mol. The number of hydrogen-bond donors (Lipinski definition) is 1. The van der Waals surface area contributed by atoms with Gasteiger partial charge in [0.1, 0.15) is 0 Å². The van der Waals surface area contributed by atoms with E-state index in [1.165, 1.54) is 44.9 Å². The lowest BCUT2D eigenvalue weighted by molar-refractivity contribution is -0.134. The van der Waals surface area contributed by atoms with Crippen LogP contribution in [0.3, 0.4) is 0 Å². The van der Waals surface area contributed by atoms with Gasteiger partial charge in [0.15, 0.2) is 0 Å². The molecule has 1 N–H and O–H groups in total. The fourth-order valence-corrected chi connectivity index (χ4v) is 5.44. The largest absolute Gasteiger partial charge is 0.322 e. The Bertz CT molecular complexity index is 425. The van der Waals surface area contributed by atoms with Crippen LogP contribution in [-0.2, 0) is 4.79 Å². The molecule has 4 fully saturated rings. The molecule has 4 atom stereocenters. The van der Waals surface area contributed by atoms with Gasteiger partial charge in [0.25, 0.3) is 0 Å². The van der Waals surface area contributed by atoms with Crippen LogP contribution in [-0.4, -0.2) is 28.6 Å². The van der Waals surface area contributed by atoms with E-state index >= 15 is 0 Å². The fourth-order valence-electron chi connectivity index (χ4n) is 5.44. The molecule has 0 aromatic carbocycles. The lowest BCUT2D eigenvalue weighted by atomic mass is 9.92. The zero-order valence-corrected chi connectivity index (χ0v) is 13.6. The van der Waals surface area contributed by atoms with Crippen molar-refractivity contribution in [3.8, 4) is 0 Å². The summed E-state index contributed by atoms with van der Waals surface area (Å²) >= 11 is 0. The standard InChI is InChI=1S/C18H30N2O/c1-3-13-8-9-15(12(13)2)20-16(14-6-4-5-7-14)19-18(10-11-18)17(20)21/h12-16,19H,3-11H2,1-2H3. The molecule has 0 aromatic heterocycles. The van der Waals surface area contributed by atoms with Gasteiger partial charge in [0.05, 0.1) is 11.7 Å². The third kappa shape index (κ3) is 2.07. The Morgan fingerprint density at radius 2 is 1.90 bits per heavy atom. The molecule has 1 spiro atoms. The van der Waals surface area contributed by atoms with Crippen LogP contribution in [0.15, 0.2) is 0 Å². The molecule has 0 aromatic rings. The molecule has 3 nitrogen and oxygen atoms in total. The minimum atomic E-state index is -0.128. The summed E-state index contributed by atoms with van der Waals surface area (Å²) in [5.41, 5.74) is -0.128. The number of nitrogens with one attached hydrogen (secondary N) is 1. The van der Waals surface area contributed by atoms with Crippen LogP contribution in [0.4, 0.5) is 0 Å². The third-order valence-electron chi connectivity index (χ3n) is 7.03. The van der Waals surface area contributed by atoms with Crippen LogP contribution in [0.1, 0.15) is 71.6 Å². The number of amides is 1. The second-order valence-electron chi connectivity index (χ2n) is 8.10. The number of hydrogen-bond acceptors (Lipinski definition) is 2. The molecule has 1 heterocycles. The summed E-state index contributed by atoms with van der Waals surface area (Å²) in [5.74, 6) is 2.66. The normalized spacial score (nSPS) is 42.4. The Balaban J connectivity index is 1.59. The van der Waals surface area contributed by atoms with Gasteiger partial charge in [0.2, 0.25) is 5.91 Å². The van der Waals surface area contributed by atoms with Crippen molar-refractivity contribution in [2.24, 2.45) is 17.8 Å². The molecule has 3 heteroatoms. The predicted octanol–water partition coefficient (Wildman–Crippen LogP) is 3.29. The predicted molar refractivity (Wildman–Crippen MR) is 83.7 cm³/mol. The fraction of sp³-hybridized carbons (Fsp3) is 0.944. The van der Waals surface area contributed by atoms with Gasteiger partial charge in [-0.15, -0.1) is 0 Å². The molecular formula is C18H30N2O. The van der Waals surface area contributed by atoms with E-state index in [-0.39, 0.29) is 5.54 Å². The Morgan fingerprint density at radius 1 is 1.19 bits per heavy atom. The van der Waals surface area contributed by atoms with Gasteiger partial charge >= 0.3 is 0 Å². The molecule has 1 amide bonds. The smallest absolute Gasteiger partial charge is 0.244 e. The second-order valence-corrected chi connectivity index (χ2v) is 8.10. The van der Waals surface area contributed by atoms with Gasteiger partial charge in [0, 0.05) is 6.04 Å². The van der Waals surface area contributed by atoms with Crippen molar-refractivity contribution in [1.82, 2.24) is 10.2 Å². The quantitative estimate of drug-likeness (QED) is 0.865. The van der Waals surface area contributed by atoms with Crippen LogP contribution < -0.4 is 5.32 Å². The average Bonchev–Trinajstić information content (AvgIpc) is 2.84. The van der Waals surface area contributed by atoms with Crippen LogP contribution >= 0.6 is 0 Å². The molecule has 1 aliphatic heterocycles. The van der Waals surface area contributed by atoms with E-state index < -0.39 is 0 Å². The van der Waals surface area contributed by atoms with E-state index in [2.05, 4.69) is 24.1 Å². The first-order valence-electron chi connectivity index (χ1n) is 9.27. The van der Waals surface area contributed by atoms with Gasteiger partial charge in [-0.1, -0.05) is 33.1 Å². The topological polar surface area (TPSA) is 32.3 Å². The first kappa shape index (κ1) is 14.0. The second kappa shape index (κ2) is 4.97. The summed E-state index contributed by atoms with van der Waals surface area (Å²) in [6, 6.07) is 0.500. The van der Waals surface area contributed by atoms with E-state index in [0.29, 0.717) is 30.0 Å². The molecule has 4 unspecified atom stereocenters. The van der Waals surface area contributed by atoms with Crippen LogP contribution in [0, 0.1) is 17.8 Å².